The molecule has 164 valence electrons. The Morgan fingerprint density at radius 3 is 2.52 bits per heavy atom. The molecule has 33 heavy (non-hydrogen) atoms. The van der Waals surface area contributed by atoms with Crippen LogP contribution in [0.1, 0.15) is 27.7 Å². The van der Waals surface area contributed by atoms with Gasteiger partial charge in [-0.3, -0.25) is 14.5 Å². The van der Waals surface area contributed by atoms with Crippen LogP contribution < -0.4 is 9.64 Å². The van der Waals surface area contributed by atoms with Crippen molar-refractivity contribution in [3.63, 3.8) is 0 Å². The molecular formula is C27H21NO5. The maximum atomic E-state index is 13.7. The molecule has 1 amide bonds. The van der Waals surface area contributed by atoms with Gasteiger partial charge in [0.1, 0.15) is 11.3 Å². The number of para-hydroxylation sites is 1. The van der Waals surface area contributed by atoms with E-state index in [0.717, 1.165) is 16.5 Å². The number of aryl methyl sites for hydroxylation is 1. The van der Waals surface area contributed by atoms with Crippen LogP contribution in [-0.2, 0) is 4.79 Å². The van der Waals surface area contributed by atoms with Crippen LogP contribution in [0.25, 0.3) is 11.0 Å². The lowest BCUT2D eigenvalue weighted by molar-refractivity contribution is -0.117. The van der Waals surface area contributed by atoms with Crippen LogP contribution in [0.3, 0.4) is 0 Å². The number of carbonyl (C=O) groups excluding carboxylic acids is 2. The van der Waals surface area contributed by atoms with E-state index in [0.29, 0.717) is 17.0 Å². The van der Waals surface area contributed by atoms with E-state index in [2.05, 4.69) is 0 Å². The van der Waals surface area contributed by atoms with E-state index in [9.17, 15) is 14.7 Å². The number of rotatable bonds is 5. The van der Waals surface area contributed by atoms with Gasteiger partial charge in [-0.1, -0.05) is 48.5 Å². The average molecular weight is 439 g/mol. The van der Waals surface area contributed by atoms with E-state index in [1.807, 2.05) is 49.4 Å². The molecule has 0 aliphatic carbocycles. The van der Waals surface area contributed by atoms with Crippen molar-refractivity contribution in [2.75, 3.05) is 12.0 Å². The monoisotopic (exact) mass is 439 g/mol. The van der Waals surface area contributed by atoms with Crippen LogP contribution in [0.2, 0.25) is 0 Å². The van der Waals surface area contributed by atoms with Gasteiger partial charge in [0.05, 0.1) is 18.7 Å². The van der Waals surface area contributed by atoms with Gasteiger partial charge in [-0.05, 0) is 42.3 Å². The van der Waals surface area contributed by atoms with Crippen molar-refractivity contribution in [2.24, 2.45) is 0 Å². The normalized spacial score (nSPS) is 16.0. The number of anilines is 1. The largest absolute Gasteiger partial charge is 0.503 e. The Bertz CT molecular complexity index is 1400. The Balaban J connectivity index is 1.68. The number of hydrogen-bond acceptors (Lipinski definition) is 5. The van der Waals surface area contributed by atoms with Crippen molar-refractivity contribution >= 4 is 28.3 Å². The van der Waals surface area contributed by atoms with Gasteiger partial charge in [-0.15, -0.1) is 0 Å². The zero-order valence-electron chi connectivity index (χ0n) is 18.1. The van der Waals surface area contributed by atoms with Crippen molar-refractivity contribution in [1.29, 1.82) is 0 Å². The molecule has 1 aliphatic heterocycles. The second kappa shape index (κ2) is 7.98. The number of furan rings is 1. The number of nitrogens with zero attached hydrogens (tertiary/aromatic N) is 1. The standard InChI is InChI=1S/C27H21NO5/c1-16-8-3-5-12-20(16)24-23(25(29)22-14-17-9-4-6-13-21(17)33-22)26(30)27(31)28(24)18-10-7-11-19(15-18)32-2/h3-15,24,30H,1-2H3. The Morgan fingerprint density at radius 1 is 1.00 bits per heavy atom. The molecule has 1 N–H and O–H groups in total. The smallest absolute Gasteiger partial charge is 0.294 e. The molecule has 1 atom stereocenters. The maximum absolute atomic E-state index is 13.7. The number of methoxy groups -OCH3 is 1. The third-order valence-electron chi connectivity index (χ3n) is 5.92. The van der Waals surface area contributed by atoms with Gasteiger partial charge in [0, 0.05) is 17.1 Å². The zero-order valence-corrected chi connectivity index (χ0v) is 18.1. The highest BCUT2D eigenvalue weighted by Gasteiger charge is 2.45. The van der Waals surface area contributed by atoms with Crippen LogP contribution in [0.4, 0.5) is 5.69 Å². The zero-order chi connectivity index (χ0) is 23.1. The molecule has 0 spiro atoms. The third kappa shape index (κ3) is 3.36. The predicted molar refractivity (Wildman–Crippen MR) is 125 cm³/mol. The number of ketones is 1. The molecule has 6 nitrogen and oxygen atoms in total. The van der Waals surface area contributed by atoms with Gasteiger partial charge in [0.25, 0.3) is 5.91 Å². The van der Waals surface area contributed by atoms with E-state index < -0.39 is 23.5 Å². The van der Waals surface area contributed by atoms with Gasteiger partial charge in [0.15, 0.2) is 11.5 Å². The first kappa shape index (κ1) is 20.6. The van der Waals surface area contributed by atoms with Gasteiger partial charge < -0.3 is 14.3 Å². The number of hydrogen-bond donors (Lipinski definition) is 1. The number of Topliss-reactive ketones (excluding diaryl/α,β-unsaturated/α-hetero) is 1. The fraction of sp³-hybridized carbons (Fsp3) is 0.111. The lowest BCUT2D eigenvalue weighted by Gasteiger charge is -2.28. The lowest BCUT2D eigenvalue weighted by atomic mass is 9.92. The van der Waals surface area contributed by atoms with E-state index in [-0.39, 0.29) is 11.3 Å². The summed E-state index contributed by atoms with van der Waals surface area (Å²) in [5.41, 5.74) is 2.66. The van der Waals surface area contributed by atoms with Crippen molar-refractivity contribution < 1.29 is 23.8 Å². The van der Waals surface area contributed by atoms with Crippen LogP contribution in [0, 0.1) is 6.92 Å². The minimum Gasteiger partial charge on any atom is -0.503 e. The van der Waals surface area contributed by atoms with Gasteiger partial charge in [-0.25, -0.2) is 0 Å². The first-order valence-electron chi connectivity index (χ1n) is 10.5. The first-order chi connectivity index (χ1) is 16.0. The van der Waals surface area contributed by atoms with Crippen molar-refractivity contribution in [2.45, 2.75) is 13.0 Å². The molecule has 0 fully saturated rings. The van der Waals surface area contributed by atoms with Crippen molar-refractivity contribution in [3.8, 4) is 5.75 Å². The van der Waals surface area contributed by atoms with Gasteiger partial charge in [-0.2, -0.15) is 0 Å². The van der Waals surface area contributed by atoms with E-state index in [1.165, 1.54) is 12.0 Å². The van der Waals surface area contributed by atoms with Crippen LogP contribution in [0.5, 0.6) is 5.75 Å². The molecule has 5 rings (SSSR count). The molecule has 0 saturated carbocycles. The number of amides is 1. The van der Waals surface area contributed by atoms with Gasteiger partial charge in [0.2, 0.25) is 5.78 Å². The van der Waals surface area contributed by atoms with Crippen LogP contribution in [-0.4, -0.2) is 23.9 Å². The topological polar surface area (TPSA) is 80.0 Å². The highest BCUT2D eigenvalue weighted by Crippen LogP contribution is 2.43. The average Bonchev–Trinajstić information content (AvgIpc) is 3.38. The second-order valence-electron chi connectivity index (χ2n) is 7.88. The van der Waals surface area contributed by atoms with Crippen LogP contribution in [0.15, 0.2) is 94.6 Å². The molecule has 0 radical (unpaired) electrons. The minimum absolute atomic E-state index is 0.0174. The van der Waals surface area contributed by atoms with Gasteiger partial charge >= 0.3 is 0 Å². The summed E-state index contributed by atoms with van der Waals surface area (Å²) in [7, 11) is 1.54. The number of carbonyl (C=O) groups is 2. The fourth-order valence-corrected chi connectivity index (χ4v) is 4.28. The number of aliphatic hydroxyl groups is 1. The number of aliphatic hydroxyl groups excluding tert-OH is 1. The highest BCUT2D eigenvalue weighted by molar-refractivity contribution is 6.20. The second-order valence-corrected chi connectivity index (χ2v) is 7.88. The summed E-state index contributed by atoms with van der Waals surface area (Å²) in [4.78, 5) is 28.4. The quantitative estimate of drug-likeness (QED) is 0.414. The maximum Gasteiger partial charge on any atom is 0.294 e. The summed E-state index contributed by atoms with van der Waals surface area (Å²) < 4.78 is 11.1. The first-order valence-corrected chi connectivity index (χ1v) is 10.5. The van der Waals surface area contributed by atoms with E-state index in [4.69, 9.17) is 9.15 Å². The number of ether oxygens (including phenoxy) is 1. The van der Waals surface area contributed by atoms with E-state index in [1.54, 1.807) is 36.4 Å². The summed E-state index contributed by atoms with van der Waals surface area (Å²) >= 11 is 0. The molecular weight excluding hydrogens is 418 g/mol. The molecule has 2 heterocycles. The molecule has 1 aromatic heterocycles. The summed E-state index contributed by atoms with van der Waals surface area (Å²) in [5.74, 6) is -1.15. The molecule has 0 saturated heterocycles. The predicted octanol–water partition coefficient (Wildman–Crippen LogP) is 5.53. The Hall–Kier alpha value is -4.32. The SMILES string of the molecule is COc1cccc(N2C(=O)C(O)=C(C(=O)c3cc4ccccc4o3)C2c2ccccc2C)c1. The number of benzene rings is 3. The molecule has 1 unspecified atom stereocenters. The van der Waals surface area contributed by atoms with Crippen LogP contribution >= 0.6 is 0 Å². The minimum atomic E-state index is -0.827. The molecule has 4 aromatic rings. The molecule has 1 aliphatic rings. The van der Waals surface area contributed by atoms with Crippen molar-refractivity contribution in [3.05, 3.63) is 107 Å². The molecule has 3 aromatic carbocycles. The summed E-state index contributed by atoms with van der Waals surface area (Å²) in [6, 6.07) is 22.5. The summed E-state index contributed by atoms with van der Waals surface area (Å²) in [6.07, 6.45) is 0. The lowest BCUT2D eigenvalue weighted by Crippen LogP contribution is -2.31. The Labute approximate surface area is 190 Å². The highest BCUT2D eigenvalue weighted by atomic mass is 16.5. The molecule has 0 bridgehead atoms. The molecule has 6 heteroatoms. The van der Waals surface area contributed by atoms with Crippen molar-refractivity contribution in [1.82, 2.24) is 0 Å². The van der Waals surface area contributed by atoms with E-state index >= 15 is 0 Å². The fourth-order valence-electron chi connectivity index (χ4n) is 4.28. The summed E-state index contributed by atoms with van der Waals surface area (Å²) in [5, 5.41) is 11.7. The summed E-state index contributed by atoms with van der Waals surface area (Å²) in [6.45, 7) is 1.90. The Kier molecular flexibility index (Phi) is 4.98. The number of fused-ring (bicyclic) bond motifs is 1. The Morgan fingerprint density at radius 2 is 1.76 bits per heavy atom. The third-order valence-corrected chi connectivity index (χ3v) is 5.92.